The van der Waals surface area contributed by atoms with E-state index in [9.17, 15) is 5.26 Å². The molecule has 5 nitrogen and oxygen atoms in total. The lowest BCUT2D eigenvalue weighted by molar-refractivity contribution is 0.296. The first-order valence-corrected chi connectivity index (χ1v) is 12.2. The van der Waals surface area contributed by atoms with Crippen LogP contribution >= 0.6 is 23.2 Å². The molecule has 0 amide bonds. The van der Waals surface area contributed by atoms with Crippen LogP contribution in [0.15, 0.2) is 60.8 Å². The van der Waals surface area contributed by atoms with Crippen molar-refractivity contribution < 1.29 is 4.74 Å². The Morgan fingerprint density at radius 3 is 2.34 bits per heavy atom. The average molecular weight is 505 g/mol. The van der Waals surface area contributed by atoms with Crippen LogP contribution in [-0.4, -0.2) is 30.1 Å². The number of nitrogens with zero attached hydrogens (tertiary/aromatic N) is 3. The van der Waals surface area contributed by atoms with Crippen LogP contribution in [0.4, 0.5) is 11.4 Å². The molecule has 4 aromatic rings. The molecule has 4 rings (SSSR count). The summed E-state index contributed by atoms with van der Waals surface area (Å²) in [7, 11) is 1.54. The van der Waals surface area contributed by atoms with Gasteiger partial charge in [0.25, 0.3) is 0 Å². The molecule has 35 heavy (non-hydrogen) atoms. The van der Waals surface area contributed by atoms with Gasteiger partial charge in [0.1, 0.15) is 11.8 Å². The van der Waals surface area contributed by atoms with Gasteiger partial charge >= 0.3 is 0 Å². The molecule has 0 saturated heterocycles. The van der Waals surface area contributed by atoms with Gasteiger partial charge in [-0.2, -0.15) is 5.26 Å². The zero-order chi connectivity index (χ0) is 24.9. The molecule has 3 aromatic carbocycles. The first-order chi connectivity index (χ1) is 17.0. The molecule has 7 heteroatoms. The Morgan fingerprint density at radius 2 is 1.69 bits per heavy atom. The molecule has 1 heterocycles. The summed E-state index contributed by atoms with van der Waals surface area (Å²) in [5.74, 6) is 0.488. The highest BCUT2D eigenvalue weighted by Gasteiger charge is 2.14. The highest BCUT2D eigenvalue weighted by molar-refractivity contribution is 6.37. The smallest absolute Gasteiger partial charge is 0.139 e. The Labute approximate surface area is 215 Å². The van der Waals surface area contributed by atoms with Gasteiger partial charge in [0.2, 0.25) is 0 Å². The minimum Gasteiger partial charge on any atom is -0.495 e. The third kappa shape index (κ3) is 5.36. The molecule has 0 saturated carbocycles. The predicted molar refractivity (Wildman–Crippen MR) is 145 cm³/mol. The maximum Gasteiger partial charge on any atom is 0.139 e. The van der Waals surface area contributed by atoms with Gasteiger partial charge in [-0.3, -0.25) is 9.88 Å². The van der Waals surface area contributed by atoms with Crippen molar-refractivity contribution in [3.8, 4) is 22.9 Å². The number of rotatable bonds is 8. The third-order valence-electron chi connectivity index (χ3n) is 6.08. The number of anilines is 2. The second-order valence-electron chi connectivity index (χ2n) is 8.14. The van der Waals surface area contributed by atoms with E-state index in [0.717, 1.165) is 41.7 Å². The van der Waals surface area contributed by atoms with Crippen LogP contribution in [0.3, 0.4) is 0 Å². The molecule has 1 aromatic heterocycles. The number of halogens is 2. The Hall–Kier alpha value is -3.30. The number of fused-ring (bicyclic) bond motifs is 1. The molecule has 0 radical (unpaired) electrons. The van der Waals surface area contributed by atoms with Crippen LogP contribution in [0.2, 0.25) is 10.0 Å². The fraction of sp³-hybridized carbons (Fsp3) is 0.214. The van der Waals surface area contributed by atoms with Crippen molar-refractivity contribution in [2.45, 2.75) is 20.4 Å². The van der Waals surface area contributed by atoms with E-state index in [0.29, 0.717) is 32.7 Å². The van der Waals surface area contributed by atoms with Crippen molar-refractivity contribution in [3.63, 3.8) is 0 Å². The van der Waals surface area contributed by atoms with Gasteiger partial charge in [0, 0.05) is 24.2 Å². The lowest BCUT2D eigenvalue weighted by Gasteiger charge is -2.18. The zero-order valence-electron chi connectivity index (χ0n) is 19.9. The van der Waals surface area contributed by atoms with Crippen LogP contribution in [0.5, 0.6) is 5.75 Å². The maximum atomic E-state index is 9.71. The number of ether oxygens (including phenoxy) is 1. The number of benzene rings is 3. The Balaban J connectivity index is 1.70. The summed E-state index contributed by atoms with van der Waals surface area (Å²) in [6.45, 7) is 7.36. The number of nitrogens with one attached hydrogen (secondary N) is 1. The molecule has 178 valence electrons. The van der Waals surface area contributed by atoms with E-state index < -0.39 is 0 Å². The minimum atomic E-state index is 0.413. The van der Waals surface area contributed by atoms with Crippen molar-refractivity contribution in [1.29, 1.82) is 5.26 Å². The van der Waals surface area contributed by atoms with Gasteiger partial charge in [-0.25, -0.2) is 0 Å². The van der Waals surface area contributed by atoms with Crippen LogP contribution in [0, 0.1) is 11.3 Å². The molecule has 0 spiro atoms. The molecule has 0 atom stereocenters. The summed E-state index contributed by atoms with van der Waals surface area (Å²) in [5, 5.41) is 14.7. The lowest BCUT2D eigenvalue weighted by atomic mass is 10.0. The quantitative estimate of drug-likeness (QED) is 0.266. The van der Waals surface area contributed by atoms with Crippen molar-refractivity contribution in [2.75, 3.05) is 25.5 Å². The van der Waals surface area contributed by atoms with Crippen LogP contribution in [-0.2, 0) is 6.54 Å². The topological polar surface area (TPSA) is 61.2 Å². The summed E-state index contributed by atoms with van der Waals surface area (Å²) < 4.78 is 5.32. The van der Waals surface area contributed by atoms with Gasteiger partial charge in [-0.05, 0) is 41.9 Å². The SMILES string of the molecule is CCN(CC)Cc1ccc(-c2ccc3c(Nc4cc(OC)c(Cl)cc4Cl)c(C#N)cnc3c2)cc1. The van der Waals surface area contributed by atoms with Crippen LogP contribution in [0.1, 0.15) is 25.0 Å². The molecule has 0 fully saturated rings. The van der Waals surface area contributed by atoms with E-state index >= 15 is 0 Å². The fourth-order valence-electron chi connectivity index (χ4n) is 4.02. The number of pyridine rings is 1. The molecule has 0 aliphatic heterocycles. The van der Waals surface area contributed by atoms with Gasteiger partial charge in [-0.1, -0.05) is 73.4 Å². The number of hydrogen-bond donors (Lipinski definition) is 1. The Morgan fingerprint density at radius 1 is 0.971 bits per heavy atom. The Bertz CT molecular complexity index is 1390. The summed E-state index contributed by atoms with van der Waals surface area (Å²) in [4.78, 5) is 6.93. The molecule has 0 aliphatic carbocycles. The summed E-state index contributed by atoms with van der Waals surface area (Å²) in [5.41, 5.74) is 5.86. The summed E-state index contributed by atoms with van der Waals surface area (Å²) >= 11 is 12.6. The van der Waals surface area contributed by atoms with Gasteiger partial charge in [-0.15, -0.1) is 0 Å². The normalized spacial score (nSPS) is 11.0. The van der Waals surface area contributed by atoms with Crippen LogP contribution < -0.4 is 10.1 Å². The summed E-state index contributed by atoms with van der Waals surface area (Å²) in [6, 6.07) is 20.2. The first-order valence-electron chi connectivity index (χ1n) is 11.4. The number of nitriles is 1. The summed E-state index contributed by atoms with van der Waals surface area (Å²) in [6.07, 6.45) is 1.57. The minimum absolute atomic E-state index is 0.413. The zero-order valence-corrected chi connectivity index (χ0v) is 21.4. The standard InChI is InChI=1S/C28H26Cl2N4O/c1-4-34(5-2)17-18-6-8-19(9-7-18)20-10-11-22-25(12-20)32-16-21(15-31)28(22)33-26-14-27(35-3)24(30)13-23(26)29/h6-14,16H,4-5,17H2,1-3H3,(H,32,33). The monoisotopic (exact) mass is 504 g/mol. The van der Waals surface area contributed by atoms with E-state index in [1.54, 1.807) is 25.4 Å². The number of aromatic nitrogens is 1. The van der Waals surface area contributed by atoms with Crippen molar-refractivity contribution in [3.05, 3.63) is 82.0 Å². The second kappa shape index (κ2) is 11.0. The Kier molecular flexibility index (Phi) is 7.77. The maximum absolute atomic E-state index is 9.71. The molecule has 1 N–H and O–H groups in total. The molecule has 0 unspecified atom stereocenters. The van der Waals surface area contributed by atoms with E-state index in [1.807, 2.05) is 18.2 Å². The van der Waals surface area contributed by atoms with E-state index in [4.69, 9.17) is 27.9 Å². The fourth-order valence-corrected chi connectivity index (χ4v) is 4.52. The molecular weight excluding hydrogens is 479 g/mol. The van der Waals surface area contributed by atoms with Gasteiger partial charge in [0.15, 0.2) is 0 Å². The largest absolute Gasteiger partial charge is 0.495 e. The third-order valence-corrected chi connectivity index (χ3v) is 6.69. The van der Waals surface area contributed by atoms with Crippen LogP contribution in [0.25, 0.3) is 22.0 Å². The van der Waals surface area contributed by atoms with Crippen molar-refractivity contribution in [2.24, 2.45) is 0 Å². The van der Waals surface area contributed by atoms with E-state index in [-0.39, 0.29) is 0 Å². The molecule has 0 bridgehead atoms. The van der Waals surface area contributed by atoms with Crippen molar-refractivity contribution >= 4 is 45.5 Å². The molecular formula is C28H26Cl2N4O. The van der Waals surface area contributed by atoms with Gasteiger partial charge < -0.3 is 10.1 Å². The van der Waals surface area contributed by atoms with E-state index in [1.165, 1.54) is 5.56 Å². The van der Waals surface area contributed by atoms with Crippen molar-refractivity contribution in [1.82, 2.24) is 9.88 Å². The van der Waals surface area contributed by atoms with Gasteiger partial charge in [0.05, 0.1) is 39.6 Å². The lowest BCUT2D eigenvalue weighted by Crippen LogP contribution is -2.21. The second-order valence-corrected chi connectivity index (χ2v) is 8.95. The predicted octanol–water partition coefficient (Wildman–Crippen LogP) is 7.67. The number of hydrogen-bond acceptors (Lipinski definition) is 5. The van der Waals surface area contributed by atoms with E-state index in [2.05, 4.69) is 59.4 Å². The molecule has 0 aliphatic rings. The average Bonchev–Trinajstić information content (AvgIpc) is 2.88. The highest BCUT2D eigenvalue weighted by atomic mass is 35.5. The number of methoxy groups -OCH3 is 1. The first kappa shape index (κ1) is 24.8. The highest BCUT2D eigenvalue weighted by Crippen LogP contribution is 2.38.